The van der Waals surface area contributed by atoms with E-state index >= 15 is 0 Å². The van der Waals surface area contributed by atoms with E-state index in [-0.39, 0.29) is 0 Å². The number of hydrogen-bond acceptors (Lipinski definition) is 2. The van der Waals surface area contributed by atoms with Crippen LogP contribution in [0.4, 0.5) is 5.82 Å². The normalized spacial score (nSPS) is 32.8. The summed E-state index contributed by atoms with van der Waals surface area (Å²) in [6.45, 7) is 4.41. The topological polar surface area (TPSA) is 54.7 Å². The maximum absolute atomic E-state index is 5.95. The van der Waals surface area contributed by atoms with Gasteiger partial charge in [0.05, 0.1) is 0 Å². The Morgan fingerprint density at radius 1 is 1.25 bits per heavy atom. The lowest BCUT2D eigenvalue weighted by molar-refractivity contribution is 0.480. The zero-order valence-electron chi connectivity index (χ0n) is 10.2. The highest BCUT2D eigenvalue weighted by atomic mass is 15.2. The number of nitrogens with zero attached hydrogens (tertiary/aromatic N) is 1. The van der Waals surface area contributed by atoms with Gasteiger partial charge in [-0.1, -0.05) is 26.7 Å². The molecule has 0 amide bonds. The van der Waals surface area contributed by atoms with Gasteiger partial charge in [-0.05, 0) is 30.6 Å². The number of fused-ring (bicyclic) bond motifs is 1. The summed E-state index contributed by atoms with van der Waals surface area (Å²) in [4.78, 5) is 0. The van der Waals surface area contributed by atoms with E-state index in [2.05, 4.69) is 24.0 Å². The largest absolute Gasteiger partial charge is 0.382 e. The van der Waals surface area contributed by atoms with E-state index in [1.807, 2.05) is 0 Å². The van der Waals surface area contributed by atoms with Crippen LogP contribution in [0.2, 0.25) is 0 Å². The van der Waals surface area contributed by atoms with Crippen molar-refractivity contribution in [3.05, 3.63) is 11.3 Å². The van der Waals surface area contributed by atoms with Crippen LogP contribution in [0.5, 0.6) is 0 Å². The third-order valence-electron chi connectivity index (χ3n) is 4.43. The highest BCUT2D eigenvalue weighted by Gasteiger charge is 2.53. The number of aromatic nitrogens is 2. The van der Waals surface area contributed by atoms with E-state index in [0.29, 0.717) is 11.7 Å². The molecule has 0 radical (unpaired) electrons. The number of H-pyrrole nitrogens is 1. The zero-order chi connectivity index (χ0) is 11.3. The fourth-order valence-electron chi connectivity index (χ4n) is 3.66. The molecule has 2 aliphatic carbocycles. The molecule has 2 atom stereocenters. The van der Waals surface area contributed by atoms with Crippen LogP contribution in [0.25, 0.3) is 0 Å². The van der Waals surface area contributed by atoms with Crippen molar-refractivity contribution in [3.8, 4) is 0 Å². The van der Waals surface area contributed by atoms with Crippen LogP contribution in [-0.4, -0.2) is 10.2 Å². The number of nitrogens with one attached hydrogen (secondary N) is 1. The molecular weight excluding hydrogens is 198 g/mol. The molecular formula is C13H21N3. The summed E-state index contributed by atoms with van der Waals surface area (Å²) in [5.74, 6) is 3.78. The molecule has 0 saturated heterocycles. The van der Waals surface area contributed by atoms with Crippen LogP contribution in [0, 0.1) is 11.8 Å². The molecule has 2 saturated carbocycles. The first kappa shape index (κ1) is 10.2. The summed E-state index contributed by atoms with van der Waals surface area (Å²) in [5, 5.41) is 7.41. The van der Waals surface area contributed by atoms with Crippen molar-refractivity contribution < 1.29 is 0 Å². The average Bonchev–Trinajstić information content (AvgIpc) is 2.86. The second-order valence-electron chi connectivity index (χ2n) is 5.73. The number of aromatic amines is 1. The Labute approximate surface area is 96.8 Å². The van der Waals surface area contributed by atoms with E-state index in [0.717, 1.165) is 17.8 Å². The van der Waals surface area contributed by atoms with Gasteiger partial charge < -0.3 is 5.73 Å². The Kier molecular flexibility index (Phi) is 2.23. The monoisotopic (exact) mass is 219 g/mol. The summed E-state index contributed by atoms with van der Waals surface area (Å²) < 4.78 is 0. The van der Waals surface area contributed by atoms with E-state index in [1.54, 1.807) is 0 Å². The van der Waals surface area contributed by atoms with Gasteiger partial charge in [-0.3, -0.25) is 5.10 Å². The predicted octanol–water partition coefficient (Wildman–Crippen LogP) is 3.02. The molecule has 3 rings (SSSR count). The first-order chi connectivity index (χ1) is 7.70. The summed E-state index contributed by atoms with van der Waals surface area (Å²) in [6, 6.07) is 0. The van der Waals surface area contributed by atoms with Crippen LogP contribution in [0.15, 0.2) is 0 Å². The SMILES string of the molecule is CC(C)c1c(N)n[nH]c1C1C2CCCCC21. The van der Waals surface area contributed by atoms with Crippen LogP contribution in [0.1, 0.15) is 62.6 Å². The van der Waals surface area contributed by atoms with Crippen molar-refractivity contribution in [2.24, 2.45) is 11.8 Å². The molecule has 0 aromatic carbocycles. The molecule has 0 bridgehead atoms. The van der Waals surface area contributed by atoms with Crippen LogP contribution < -0.4 is 5.73 Å². The molecule has 3 nitrogen and oxygen atoms in total. The summed E-state index contributed by atoms with van der Waals surface area (Å²) in [6.07, 6.45) is 5.65. The molecule has 1 aromatic rings. The van der Waals surface area contributed by atoms with Crippen molar-refractivity contribution >= 4 is 5.82 Å². The number of nitrogens with two attached hydrogens (primary N) is 1. The van der Waals surface area contributed by atoms with E-state index in [9.17, 15) is 0 Å². The van der Waals surface area contributed by atoms with Gasteiger partial charge in [0.15, 0.2) is 0 Å². The second-order valence-corrected chi connectivity index (χ2v) is 5.73. The summed E-state index contributed by atoms with van der Waals surface area (Å²) >= 11 is 0. The van der Waals surface area contributed by atoms with E-state index < -0.39 is 0 Å². The maximum Gasteiger partial charge on any atom is 0.148 e. The lowest BCUT2D eigenvalue weighted by atomic mass is 9.99. The average molecular weight is 219 g/mol. The Balaban J connectivity index is 1.90. The van der Waals surface area contributed by atoms with Gasteiger partial charge in [0.1, 0.15) is 5.82 Å². The number of rotatable bonds is 2. The first-order valence-electron chi connectivity index (χ1n) is 6.53. The second kappa shape index (κ2) is 3.51. The molecule has 16 heavy (non-hydrogen) atoms. The van der Waals surface area contributed by atoms with Gasteiger partial charge in [-0.2, -0.15) is 5.10 Å². The fourth-order valence-corrected chi connectivity index (χ4v) is 3.66. The fraction of sp³-hybridized carbons (Fsp3) is 0.769. The molecule has 0 spiro atoms. The van der Waals surface area contributed by atoms with Gasteiger partial charge in [-0.25, -0.2) is 0 Å². The zero-order valence-corrected chi connectivity index (χ0v) is 10.2. The molecule has 3 N–H and O–H groups in total. The van der Waals surface area contributed by atoms with Gasteiger partial charge in [0, 0.05) is 17.2 Å². The molecule has 88 valence electrons. The first-order valence-corrected chi connectivity index (χ1v) is 6.53. The Morgan fingerprint density at radius 2 is 1.88 bits per heavy atom. The van der Waals surface area contributed by atoms with Gasteiger partial charge >= 0.3 is 0 Å². The third-order valence-corrected chi connectivity index (χ3v) is 4.43. The number of nitrogen functional groups attached to an aromatic ring is 1. The van der Waals surface area contributed by atoms with Crippen molar-refractivity contribution in [1.29, 1.82) is 0 Å². The lowest BCUT2D eigenvalue weighted by Gasteiger charge is -2.06. The highest BCUT2D eigenvalue weighted by molar-refractivity contribution is 5.47. The highest BCUT2D eigenvalue weighted by Crippen LogP contribution is 2.61. The predicted molar refractivity (Wildman–Crippen MR) is 65.3 cm³/mol. The van der Waals surface area contributed by atoms with Gasteiger partial charge in [-0.15, -0.1) is 0 Å². The lowest BCUT2D eigenvalue weighted by Crippen LogP contribution is -1.97. The quantitative estimate of drug-likeness (QED) is 0.803. The van der Waals surface area contributed by atoms with Crippen molar-refractivity contribution in [2.75, 3.05) is 5.73 Å². The maximum atomic E-state index is 5.95. The van der Waals surface area contributed by atoms with Crippen LogP contribution in [0.3, 0.4) is 0 Å². The minimum absolute atomic E-state index is 0.483. The van der Waals surface area contributed by atoms with Crippen LogP contribution >= 0.6 is 0 Å². The minimum atomic E-state index is 0.483. The van der Waals surface area contributed by atoms with E-state index in [4.69, 9.17) is 5.73 Å². The molecule has 1 heterocycles. The minimum Gasteiger partial charge on any atom is -0.382 e. The molecule has 1 aromatic heterocycles. The number of hydrogen-bond donors (Lipinski definition) is 2. The summed E-state index contributed by atoms with van der Waals surface area (Å²) in [5.41, 5.74) is 8.58. The molecule has 3 heteroatoms. The molecule has 2 fully saturated rings. The molecule has 2 aliphatic rings. The van der Waals surface area contributed by atoms with Crippen LogP contribution in [-0.2, 0) is 0 Å². The standard InChI is InChI=1S/C13H21N3/c1-7(2)10-12(15-16-13(10)14)11-8-5-3-4-6-9(8)11/h7-9,11H,3-6H2,1-2H3,(H3,14,15,16). The molecule has 2 unspecified atom stereocenters. The summed E-state index contributed by atoms with van der Waals surface area (Å²) in [7, 11) is 0. The van der Waals surface area contributed by atoms with Crippen molar-refractivity contribution in [3.63, 3.8) is 0 Å². The smallest absolute Gasteiger partial charge is 0.148 e. The third kappa shape index (κ3) is 1.37. The van der Waals surface area contributed by atoms with Crippen molar-refractivity contribution in [1.82, 2.24) is 10.2 Å². The van der Waals surface area contributed by atoms with Crippen molar-refractivity contribution in [2.45, 2.75) is 51.4 Å². The van der Waals surface area contributed by atoms with Gasteiger partial charge in [0.2, 0.25) is 0 Å². The number of anilines is 1. The van der Waals surface area contributed by atoms with E-state index in [1.165, 1.54) is 36.9 Å². The Hall–Kier alpha value is -0.990. The van der Waals surface area contributed by atoms with Gasteiger partial charge in [0.25, 0.3) is 0 Å². The Morgan fingerprint density at radius 3 is 2.44 bits per heavy atom. The Bertz CT molecular complexity index is 382. The molecule has 0 aliphatic heterocycles.